The first-order chi connectivity index (χ1) is 7.29. The van der Waals surface area contributed by atoms with E-state index in [4.69, 9.17) is 16.3 Å². The fourth-order valence-electron chi connectivity index (χ4n) is 1.93. The van der Waals surface area contributed by atoms with Crippen molar-refractivity contribution in [2.45, 2.75) is 31.4 Å². The van der Waals surface area contributed by atoms with Gasteiger partial charge in [0.1, 0.15) is 0 Å². The van der Waals surface area contributed by atoms with Gasteiger partial charge in [0.15, 0.2) is 0 Å². The molecule has 0 amide bonds. The molecule has 2 rings (SSSR count). The summed E-state index contributed by atoms with van der Waals surface area (Å²) < 4.78 is 5.38. The average molecular weight is 228 g/mol. The Morgan fingerprint density at radius 3 is 2.80 bits per heavy atom. The summed E-state index contributed by atoms with van der Waals surface area (Å²) in [7, 11) is 1.74. The van der Waals surface area contributed by atoms with Crippen LogP contribution in [0.15, 0.2) is 12.4 Å². The summed E-state index contributed by atoms with van der Waals surface area (Å²) in [6.07, 6.45) is 6.83. The number of rotatable bonds is 3. The van der Waals surface area contributed by atoms with Crippen LogP contribution < -0.4 is 5.32 Å². The van der Waals surface area contributed by atoms with Gasteiger partial charge in [-0.25, -0.2) is 9.97 Å². The molecule has 1 aromatic heterocycles. The number of ether oxygens (including phenoxy) is 1. The molecule has 2 atom stereocenters. The lowest BCUT2D eigenvalue weighted by Crippen LogP contribution is -2.30. The lowest BCUT2D eigenvalue weighted by Gasteiger charge is -2.19. The Kier molecular flexibility index (Phi) is 3.38. The van der Waals surface area contributed by atoms with Crippen LogP contribution in [0.5, 0.6) is 0 Å². The highest BCUT2D eigenvalue weighted by atomic mass is 35.5. The third-order valence-electron chi connectivity index (χ3n) is 2.69. The number of aromatic nitrogens is 2. The standard InChI is InChI=1S/C10H14ClN3O/c1-15-9-4-2-3-8(9)14-10-12-5-7(11)6-13-10/h5-6,8-9H,2-4H2,1H3,(H,12,13,14). The fraction of sp³-hybridized carbons (Fsp3) is 0.600. The molecule has 4 nitrogen and oxygen atoms in total. The second-order valence-electron chi connectivity index (χ2n) is 3.68. The third-order valence-corrected chi connectivity index (χ3v) is 2.89. The van der Waals surface area contributed by atoms with E-state index >= 15 is 0 Å². The lowest BCUT2D eigenvalue weighted by molar-refractivity contribution is 0.101. The lowest BCUT2D eigenvalue weighted by atomic mass is 10.2. The van der Waals surface area contributed by atoms with Gasteiger partial charge < -0.3 is 10.1 Å². The fourth-order valence-corrected chi connectivity index (χ4v) is 2.02. The molecule has 1 fully saturated rings. The molecule has 0 aliphatic heterocycles. The first-order valence-corrected chi connectivity index (χ1v) is 5.44. The predicted octanol–water partition coefficient (Wildman–Crippen LogP) is 2.11. The molecule has 15 heavy (non-hydrogen) atoms. The van der Waals surface area contributed by atoms with Gasteiger partial charge in [-0.1, -0.05) is 11.6 Å². The van der Waals surface area contributed by atoms with Gasteiger partial charge in [-0.15, -0.1) is 0 Å². The van der Waals surface area contributed by atoms with E-state index in [-0.39, 0.29) is 6.10 Å². The van der Waals surface area contributed by atoms with Crippen LogP contribution in [0.25, 0.3) is 0 Å². The van der Waals surface area contributed by atoms with Crippen LogP contribution in [0.2, 0.25) is 5.02 Å². The molecular weight excluding hydrogens is 214 g/mol. The van der Waals surface area contributed by atoms with E-state index in [1.165, 1.54) is 6.42 Å². The van der Waals surface area contributed by atoms with Gasteiger partial charge in [0, 0.05) is 7.11 Å². The molecule has 1 aliphatic carbocycles. The number of methoxy groups -OCH3 is 1. The molecule has 0 spiro atoms. The molecule has 5 heteroatoms. The molecule has 0 radical (unpaired) electrons. The number of anilines is 1. The molecule has 0 saturated heterocycles. The minimum absolute atomic E-state index is 0.268. The predicted molar refractivity (Wildman–Crippen MR) is 59.1 cm³/mol. The molecule has 1 saturated carbocycles. The number of nitrogens with one attached hydrogen (secondary N) is 1. The SMILES string of the molecule is COC1CCCC1Nc1ncc(Cl)cn1. The van der Waals surface area contributed by atoms with Crippen LogP contribution in [0, 0.1) is 0 Å². The van der Waals surface area contributed by atoms with Crippen LogP contribution in [0.1, 0.15) is 19.3 Å². The minimum Gasteiger partial charge on any atom is -0.379 e. The summed E-state index contributed by atoms with van der Waals surface area (Å²) in [5.41, 5.74) is 0. The zero-order chi connectivity index (χ0) is 10.7. The Hall–Kier alpha value is -0.870. The summed E-state index contributed by atoms with van der Waals surface area (Å²) in [4.78, 5) is 8.20. The zero-order valence-electron chi connectivity index (χ0n) is 8.61. The number of hydrogen-bond acceptors (Lipinski definition) is 4. The summed E-state index contributed by atoms with van der Waals surface area (Å²) in [5, 5.41) is 3.81. The summed E-state index contributed by atoms with van der Waals surface area (Å²) in [6.45, 7) is 0. The van der Waals surface area contributed by atoms with Crippen molar-refractivity contribution >= 4 is 17.5 Å². The maximum absolute atomic E-state index is 5.71. The quantitative estimate of drug-likeness (QED) is 0.859. The second kappa shape index (κ2) is 4.77. The number of nitrogens with zero attached hydrogens (tertiary/aromatic N) is 2. The highest BCUT2D eigenvalue weighted by molar-refractivity contribution is 6.30. The monoisotopic (exact) mass is 227 g/mol. The average Bonchev–Trinajstić information content (AvgIpc) is 2.69. The van der Waals surface area contributed by atoms with Crippen LogP contribution in [0.4, 0.5) is 5.95 Å². The molecule has 1 heterocycles. The summed E-state index contributed by atoms with van der Waals surface area (Å²) in [5.74, 6) is 0.619. The van der Waals surface area contributed by atoms with Gasteiger partial charge in [-0.3, -0.25) is 0 Å². The van der Waals surface area contributed by atoms with Gasteiger partial charge in [0.2, 0.25) is 5.95 Å². The maximum atomic E-state index is 5.71. The number of hydrogen-bond donors (Lipinski definition) is 1. The Morgan fingerprint density at radius 1 is 1.40 bits per heavy atom. The van der Waals surface area contributed by atoms with Crippen molar-refractivity contribution in [3.63, 3.8) is 0 Å². The van der Waals surface area contributed by atoms with E-state index in [2.05, 4.69) is 15.3 Å². The van der Waals surface area contributed by atoms with E-state index in [9.17, 15) is 0 Å². The molecule has 1 aromatic rings. The van der Waals surface area contributed by atoms with E-state index in [1.54, 1.807) is 19.5 Å². The summed E-state index contributed by atoms with van der Waals surface area (Å²) >= 11 is 5.71. The Bertz CT molecular complexity index is 317. The van der Waals surface area contributed by atoms with Crippen molar-refractivity contribution < 1.29 is 4.74 Å². The Balaban J connectivity index is 1.99. The second-order valence-corrected chi connectivity index (χ2v) is 4.12. The zero-order valence-corrected chi connectivity index (χ0v) is 9.37. The highest BCUT2D eigenvalue weighted by Gasteiger charge is 2.27. The normalized spacial score (nSPS) is 25.5. The van der Waals surface area contributed by atoms with E-state index in [0.717, 1.165) is 12.8 Å². The molecule has 1 aliphatic rings. The topological polar surface area (TPSA) is 47.0 Å². The maximum Gasteiger partial charge on any atom is 0.222 e. The van der Waals surface area contributed by atoms with Gasteiger partial charge in [0.25, 0.3) is 0 Å². The van der Waals surface area contributed by atoms with Gasteiger partial charge in [-0.2, -0.15) is 0 Å². The van der Waals surface area contributed by atoms with Gasteiger partial charge >= 0.3 is 0 Å². The van der Waals surface area contributed by atoms with Crippen molar-refractivity contribution in [2.24, 2.45) is 0 Å². The van der Waals surface area contributed by atoms with E-state index in [1.807, 2.05) is 0 Å². The molecule has 2 unspecified atom stereocenters. The third kappa shape index (κ3) is 2.58. The largest absolute Gasteiger partial charge is 0.379 e. The Morgan fingerprint density at radius 2 is 2.13 bits per heavy atom. The minimum atomic E-state index is 0.268. The highest BCUT2D eigenvalue weighted by Crippen LogP contribution is 2.23. The molecular formula is C10H14ClN3O. The molecule has 0 aromatic carbocycles. The van der Waals surface area contributed by atoms with E-state index in [0.29, 0.717) is 17.0 Å². The van der Waals surface area contributed by atoms with Gasteiger partial charge in [-0.05, 0) is 19.3 Å². The van der Waals surface area contributed by atoms with Crippen LogP contribution in [-0.2, 0) is 4.74 Å². The van der Waals surface area contributed by atoms with E-state index < -0.39 is 0 Å². The Labute approximate surface area is 94.0 Å². The summed E-state index contributed by atoms with van der Waals surface area (Å²) in [6, 6.07) is 0.316. The van der Waals surface area contributed by atoms with Gasteiger partial charge in [0.05, 0.1) is 29.6 Å². The molecule has 0 bridgehead atoms. The van der Waals surface area contributed by atoms with Crippen LogP contribution in [-0.4, -0.2) is 29.2 Å². The molecule has 82 valence electrons. The molecule has 1 N–H and O–H groups in total. The van der Waals surface area contributed by atoms with Crippen molar-refractivity contribution in [1.82, 2.24) is 9.97 Å². The van der Waals surface area contributed by atoms with Crippen molar-refractivity contribution in [1.29, 1.82) is 0 Å². The first kappa shape index (κ1) is 10.6. The number of halogens is 1. The smallest absolute Gasteiger partial charge is 0.222 e. The first-order valence-electron chi connectivity index (χ1n) is 5.06. The van der Waals surface area contributed by atoms with Crippen molar-refractivity contribution in [2.75, 3.05) is 12.4 Å². The van der Waals surface area contributed by atoms with Crippen LogP contribution in [0.3, 0.4) is 0 Å². The van der Waals surface area contributed by atoms with Crippen molar-refractivity contribution in [3.05, 3.63) is 17.4 Å². The van der Waals surface area contributed by atoms with Crippen molar-refractivity contribution in [3.8, 4) is 0 Å². The van der Waals surface area contributed by atoms with Crippen LogP contribution >= 0.6 is 11.6 Å².